The van der Waals surface area contributed by atoms with E-state index in [0.29, 0.717) is 16.0 Å². The number of benzene rings is 1. The quantitative estimate of drug-likeness (QED) is 0.798. The van der Waals surface area contributed by atoms with Crippen LogP contribution in [0.5, 0.6) is 11.5 Å². The first-order valence-electron chi connectivity index (χ1n) is 6.46. The monoisotopic (exact) mass is 338 g/mol. The molecule has 0 aliphatic rings. The number of hydrogen-bond acceptors (Lipinski definition) is 3. The Morgan fingerprint density at radius 3 is 2.80 bits per heavy atom. The molecular formula is C15H16BrFN2O. The van der Waals surface area contributed by atoms with Gasteiger partial charge in [0.05, 0.1) is 6.20 Å². The van der Waals surface area contributed by atoms with E-state index in [2.05, 4.69) is 33.2 Å². The standard InChI is InChI=1S/C15H16BrFN2O/c1-2-3-18-8-11-4-15(10-19-9-11)20-14-6-12(16)5-13(17)7-14/h4-7,9-10,18H,2-3,8H2,1H3. The van der Waals surface area contributed by atoms with E-state index in [4.69, 9.17) is 4.74 Å². The third-order valence-corrected chi connectivity index (χ3v) is 3.06. The van der Waals surface area contributed by atoms with Crippen molar-refractivity contribution >= 4 is 15.9 Å². The zero-order valence-corrected chi connectivity index (χ0v) is 12.8. The summed E-state index contributed by atoms with van der Waals surface area (Å²) in [4.78, 5) is 4.13. The molecule has 106 valence electrons. The van der Waals surface area contributed by atoms with Crippen LogP contribution < -0.4 is 10.1 Å². The molecule has 0 spiro atoms. The SMILES string of the molecule is CCCNCc1cncc(Oc2cc(F)cc(Br)c2)c1. The molecule has 0 aliphatic heterocycles. The van der Waals surface area contributed by atoms with E-state index in [9.17, 15) is 4.39 Å². The molecule has 0 fully saturated rings. The molecule has 2 aromatic rings. The summed E-state index contributed by atoms with van der Waals surface area (Å²) in [7, 11) is 0. The van der Waals surface area contributed by atoms with Crippen LogP contribution in [0.15, 0.2) is 41.1 Å². The van der Waals surface area contributed by atoms with Gasteiger partial charge < -0.3 is 10.1 Å². The van der Waals surface area contributed by atoms with Gasteiger partial charge in [-0.3, -0.25) is 4.98 Å². The fourth-order valence-corrected chi connectivity index (χ4v) is 2.19. The van der Waals surface area contributed by atoms with E-state index in [0.717, 1.165) is 25.1 Å². The summed E-state index contributed by atoms with van der Waals surface area (Å²) in [5.74, 6) is 0.693. The highest BCUT2D eigenvalue weighted by atomic mass is 79.9. The van der Waals surface area contributed by atoms with E-state index in [-0.39, 0.29) is 5.82 Å². The fourth-order valence-electron chi connectivity index (χ4n) is 1.75. The largest absolute Gasteiger partial charge is 0.456 e. The van der Waals surface area contributed by atoms with Crippen LogP contribution in [0, 0.1) is 5.82 Å². The second-order valence-electron chi connectivity index (χ2n) is 4.41. The maximum atomic E-state index is 13.3. The molecule has 0 radical (unpaired) electrons. The van der Waals surface area contributed by atoms with E-state index < -0.39 is 0 Å². The van der Waals surface area contributed by atoms with Crippen LogP contribution in [-0.2, 0) is 6.54 Å². The Morgan fingerprint density at radius 2 is 2.05 bits per heavy atom. The summed E-state index contributed by atoms with van der Waals surface area (Å²) in [6.07, 6.45) is 4.49. The summed E-state index contributed by atoms with van der Waals surface area (Å²) in [6.45, 7) is 3.82. The molecule has 0 amide bonds. The van der Waals surface area contributed by atoms with Crippen molar-refractivity contribution in [1.82, 2.24) is 10.3 Å². The van der Waals surface area contributed by atoms with Crippen LogP contribution in [0.3, 0.4) is 0 Å². The summed E-state index contributed by atoms with van der Waals surface area (Å²) in [5.41, 5.74) is 1.03. The third kappa shape index (κ3) is 4.58. The van der Waals surface area contributed by atoms with Gasteiger partial charge in [0, 0.05) is 23.3 Å². The average Bonchev–Trinajstić information content (AvgIpc) is 2.38. The van der Waals surface area contributed by atoms with Crippen LogP contribution in [0.1, 0.15) is 18.9 Å². The Kier molecular flexibility index (Phi) is 5.49. The predicted molar refractivity (Wildman–Crippen MR) is 80.4 cm³/mol. The minimum absolute atomic E-state index is 0.344. The molecule has 20 heavy (non-hydrogen) atoms. The van der Waals surface area contributed by atoms with Crippen molar-refractivity contribution in [3.63, 3.8) is 0 Å². The topological polar surface area (TPSA) is 34.2 Å². The lowest BCUT2D eigenvalue weighted by Crippen LogP contribution is -2.13. The second-order valence-corrected chi connectivity index (χ2v) is 5.33. The summed E-state index contributed by atoms with van der Waals surface area (Å²) in [5, 5.41) is 3.30. The highest BCUT2D eigenvalue weighted by Gasteiger charge is 2.03. The lowest BCUT2D eigenvalue weighted by molar-refractivity contribution is 0.473. The van der Waals surface area contributed by atoms with Crippen LogP contribution in [0.4, 0.5) is 4.39 Å². The van der Waals surface area contributed by atoms with Gasteiger partial charge in [0.15, 0.2) is 0 Å². The normalized spacial score (nSPS) is 10.6. The first kappa shape index (κ1) is 14.9. The zero-order valence-electron chi connectivity index (χ0n) is 11.2. The molecule has 1 aromatic heterocycles. The van der Waals surface area contributed by atoms with Crippen molar-refractivity contribution in [2.45, 2.75) is 19.9 Å². The van der Waals surface area contributed by atoms with Gasteiger partial charge in [-0.05, 0) is 36.7 Å². The number of halogens is 2. The minimum atomic E-state index is -0.344. The van der Waals surface area contributed by atoms with E-state index >= 15 is 0 Å². The van der Waals surface area contributed by atoms with E-state index in [1.807, 2.05) is 6.07 Å². The fraction of sp³-hybridized carbons (Fsp3) is 0.267. The summed E-state index contributed by atoms with van der Waals surface area (Å²) < 4.78 is 19.5. The molecule has 1 heterocycles. The lowest BCUT2D eigenvalue weighted by atomic mass is 10.2. The molecule has 2 rings (SSSR count). The maximum Gasteiger partial charge on any atom is 0.146 e. The van der Waals surface area contributed by atoms with Crippen LogP contribution in [-0.4, -0.2) is 11.5 Å². The van der Waals surface area contributed by atoms with E-state index in [1.165, 1.54) is 12.1 Å². The zero-order chi connectivity index (χ0) is 14.4. The van der Waals surface area contributed by atoms with Crippen molar-refractivity contribution in [2.75, 3.05) is 6.54 Å². The minimum Gasteiger partial charge on any atom is -0.456 e. The van der Waals surface area contributed by atoms with Crippen LogP contribution in [0.2, 0.25) is 0 Å². The Labute approximate surface area is 126 Å². The Hall–Kier alpha value is -1.46. The number of rotatable bonds is 6. The molecular weight excluding hydrogens is 323 g/mol. The highest BCUT2D eigenvalue weighted by molar-refractivity contribution is 9.10. The van der Waals surface area contributed by atoms with Gasteiger partial charge in [-0.25, -0.2) is 4.39 Å². The molecule has 5 heteroatoms. The van der Waals surface area contributed by atoms with Crippen molar-refractivity contribution in [2.24, 2.45) is 0 Å². The second kappa shape index (κ2) is 7.36. The summed E-state index contributed by atoms with van der Waals surface area (Å²) >= 11 is 3.24. The van der Waals surface area contributed by atoms with Gasteiger partial charge in [-0.15, -0.1) is 0 Å². The molecule has 0 aliphatic carbocycles. The lowest BCUT2D eigenvalue weighted by Gasteiger charge is -2.08. The first-order chi connectivity index (χ1) is 9.67. The Morgan fingerprint density at radius 1 is 1.20 bits per heavy atom. The molecule has 0 unspecified atom stereocenters. The van der Waals surface area contributed by atoms with Gasteiger partial charge in [0.2, 0.25) is 0 Å². The van der Waals surface area contributed by atoms with Gasteiger partial charge in [-0.2, -0.15) is 0 Å². The van der Waals surface area contributed by atoms with Crippen molar-refractivity contribution < 1.29 is 9.13 Å². The van der Waals surface area contributed by atoms with Crippen LogP contribution in [0.25, 0.3) is 0 Å². The number of nitrogens with one attached hydrogen (secondary N) is 1. The summed E-state index contributed by atoms with van der Waals surface area (Å²) in [6, 6.07) is 6.34. The molecule has 1 N–H and O–H groups in total. The number of aromatic nitrogens is 1. The van der Waals surface area contributed by atoms with Gasteiger partial charge >= 0.3 is 0 Å². The van der Waals surface area contributed by atoms with Gasteiger partial charge in [-0.1, -0.05) is 22.9 Å². The molecule has 0 saturated carbocycles. The smallest absolute Gasteiger partial charge is 0.146 e. The number of nitrogens with zero attached hydrogens (tertiary/aromatic N) is 1. The van der Waals surface area contributed by atoms with Gasteiger partial charge in [0.1, 0.15) is 17.3 Å². The third-order valence-electron chi connectivity index (χ3n) is 2.60. The number of ether oxygens (including phenoxy) is 1. The van der Waals surface area contributed by atoms with Gasteiger partial charge in [0.25, 0.3) is 0 Å². The number of hydrogen-bond donors (Lipinski definition) is 1. The highest BCUT2D eigenvalue weighted by Crippen LogP contribution is 2.25. The first-order valence-corrected chi connectivity index (χ1v) is 7.25. The van der Waals surface area contributed by atoms with Crippen molar-refractivity contribution in [3.8, 4) is 11.5 Å². The Bertz CT molecular complexity index is 557. The maximum absolute atomic E-state index is 13.3. The van der Waals surface area contributed by atoms with E-state index in [1.54, 1.807) is 18.5 Å². The molecule has 1 aromatic carbocycles. The average molecular weight is 339 g/mol. The van der Waals surface area contributed by atoms with Crippen molar-refractivity contribution in [3.05, 3.63) is 52.5 Å². The van der Waals surface area contributed by atoms with Crippen LogP contribution >= 0.6 is 15.9 Å². The van der Waals surface area contributed by atoms with Crippen molar-refractivity contribution in [1.29, 1.82) is 0 Å². The molecule has 0 saturated heterocycles. The predicted octanol–water partition coefficient (Wildman–Crippen LogP) is 4.28. The molecule has 0 bridgehead atoms. The molecule has 3 nitrogen and oxygen atoms in total. The Balaban J connectivity index is 2.07. The molecule has 0 atom stereocenters. The number of pyridine rings is 1.